The lowest BCUT2D eigenvalue weighted by atomic mass is 9.94. The van der Waals surface area contributed by atoms with Crippen LogP contribution in [-0.2, 0) is 14.3 Å². The Kier molecular flexibility index (Phi) is 7.43. The van der Waals surface area contributed by atoms with Gasteiger partial charge in [0.05, 0.1) is 43.6 Å². The smallest absolute Gasteiger partial charge is 0.295 e. The van der Waals surface area contributed by atoms with Gasteiger partial charge in [-0.05, 0) is 38.1 Å². The number of carbonyl (C=O) groups excluding carboxylic acids is 2. The van der Waals surface area contributed by atoms with Crippen LogP contribution >= 0.6 is 11.6 Å². The molecular formula is C24H26ClNO6. The SMILES string of the molecule is COc1ccc(/C(O)=C2\C(=O)C(=O)N(CCOC(C)C)C2c2ccccc2OC)cc1Cl. The standard InChI is InChI=1S/C24H26ClNO6/c1-14(2)32-12-11-26-21(16-7-5-6-8-18(16)30-3)20(23(28)24(26)29)22(27)15-9-10-19(31-4)17(25)13-15/h5-10,13-14,21,27H,11-12H2,1-4H3/b22-20+. The molecule has 170 valence electrons. The number of hydrogen-bond acceptors (Lipinski definition) is 6. The van der Waals surface area contributed by atoms with Crippen molar-refractivity contribution in [3.63, 3.8) is 0 Å². The van der Waals surface area contributed by atoms with Crippen molar-refractivity contribution in [1.82, 2.24) is 4.90 Å². The highest BCUT2D eigenvalue weighted by atomic mass is 35.5. The van der Waals surface area contributed by atoms with Crippen LogP contribution in [0.15, 0.2) is 48.0 Å². The summed E-state index contributed by atoms with van der Waals surface area (Å²) in [4.78, 5) is 27.4. The van der Waals surface area contributed by atoms with E-state index in [1.165, 1.54) is 25.2 Å². The van der Waals surface area contributed by atoms with E-state index in [-0.39, 0.29) is 35.6 Å². The zero-order chi connectivity index (χ0) is 23.4. The van der Waals surface area contributed by atoms with Gasteiger partial charge in [-0.15, -0.1) is 0 Å². The minimum atomic E-state index is -0.845. The van der Waals surface area contributed by atoms with Crippen molar-refractivity contribution in [3.8, 4) is 11.5 Å². The molecule has 2 aromatic carbocycles. The van der Waals surface area contributed by atoms with Crippen LogP contribution in [0.5, 0.6) is 11.5 Å². The molecule has 1 saturated heterocycles. The van der Waals surface area contributed by atoms with Gasteiger partial charge in [0.2, 0.25) is 0 Å². The number of halogens is 1. The second-order valence-electron chi connectivity index (χ2n) is 7.50. The highest BCUT2D eigenvalue weighted by Crippen LogP contribution is 2.43. The summed E-state index contributed by atoms with van der Waals surface area (Å²) in [6.45, 7) is 4.19. The van der Waals surface area contributed by atoms with Crippen molar-refractivity contribution in [3.05, 3.63) is 64.2 Å². The van der Waals surface area contributed by atoms with Crippen LogP contribution in [0.4, 0.5) is 0 Å². The summed E-state index contributed by atoms with van der Waals surface area (Å²) >= 11 is 6.22. The van der Waals surface area contributed by atoms with Gasteiger partial charge < -0.3 is 24.2 Å². The number of hydrogen-bond donors (Lipinski definition) is 1. The van der Waals surface area contributed by atoms with Crippen LogP contribution in [0, 0.1) is 0 Å². The van der Waals surface area contributed by atoms with Gasteiger partial charge in [0.1, 0.15) is 17.3 Å². The number of nitrogens with zero attached hydrogens (tertiary/aromatic N) is 1. The van der Waals surface area contributed by atoms with Crippen LogP contribution in [-0.4, -0.2) is 55.2 Å². The molecule has 0 aromatic heterocycles. The number of likely N-dealkylation sites (tertiary alicyclic amines) is 1. The van der Waals surface area contributed by atoms with Gasteiger partial charge in [-0.25, -0.2) is 0 Å². The van der Waals surface area contributed by atoms with Crippen LogP contribution in [0.3, 0.4) is 0 Å². The zero-order valence-corrected chi connectivity index (χ0v) is 19.2. The van der Waals surface area contributed by atoms with Crippen LogP contribution < -0.4 is 9.47 Å². The van der Waals surface area contributed by atoms with E-state index < -0.39 is 17.7 Å². The molecule has 0 bridgehead atoms. The monoisotopic (exact) mass is 459 g/mol. The molecule has 1 aliphatic rings. The summed E-state index contributed by atoms with van der Waals surface area (Å²) in [6.07, 6.45) is -0.0297. The van der Waals surface area contributed by atoms with E-state index in [0.717, 1.165) is 0 Å². The molecule has 0 saturated carbocycles. The Bertz CT molecular complexity index is 1050. The van der Waals surface area contributed by atoms with E-state index in [2.05, 4.69) is 0 Å². The van der Waals surface area contributed by atoms with Crippen molar-refractivity contribution in [2.45, 2.75) is 26.0 Å². The van der Waals surface area contributed by atoms with Gasteiger partial charge >= 0.3 is 0 Å². The first kappa shape index (κ1) is 23.6. The van der Waals surface area contributed by atoms with Crippen LogP contribution in [0.1, 0.15) is 31.0 Å². The number of methoxy groups -OCH3 is 2. The van der Waals surface area contributed by atoms with E-state index in [0.29, 0.717) is 22.6 Å². The van der Waals surface area contributed by atoms with Gasteiger partial charge in [-0.3, -0.25) is 9.59 Å². The Morgan fingerprint density at radius 3 is 2.41 bits per heavy atom. The molecule has 1 atom stereocenters. The van der Waals surface area contributed by atoms with Gasteiger partial charge in [0.15, 0.2) is 0 Å². The predicted octanol–water partition coefficient (Wildman–Crippen LogP) is 4.20. The largest absolute Gasteiger partial charge is 0.507 e. The van der Waals surface area contributed by atoms with E-state index in [4.69, 9.17) is 25.8 Å². The fourth-order valence-corrected chi connectivity index (χ4v) is 3.94. The minimum Gasteiger partial charge on any atom is -0.507 e. The normalized spacial score (nSPS) is 17.8. The van der Waals surface area contributed by atoms with Crippen LogP contribution in [0.2, 0.25) is 5.02 Å². The summed E-state index contributed by atoms with van der Waals surface area (Å²) < 4.78 is 16.2. The first-order chi connectivity index (χ1) is 15.3. The Hall–Kier alpha value is -3.03. The maximum Gasteiger partial charge on any atom is 0.295 e. The van der Waals surface area contributed by atoms with Crippen molar-refractivity contribution in [1.29, 1.82) is 0 Å². The lowest BCUT2D eigenvalue weighted by Gasteiger charge is -2.26. The quantitative estimate of drug-likeness (QED) is 0.361. The first-order valence-corrected chi connectivity index (χ1v) is 10.5. The minimum absolute atomic E-state index is 0.0297. The number of aliphatic hydroxyl groups excluding tert-OH is 1. The highest BCUT2D eigenvalue weighted by Gasteiger charge is 2.46. The average molecular weight is 460 g/mol. The lowest BCUT2D eigenvalue weighted by Crippen LogP contribution is -2.33. The number of aliphatic hydroxyl groups is 1. The predicted molar refractivity (Wildman–Crippen MR) is 121 cm³/mol. The summed E-state index contributed by atoms with van der Waals surface area (Å²) in [5.41, 5.74) is 0.845. The molecule has 3 rings (SSSR count). The summed E-state index contributed by atoms with van der Waals surface area (Å²) in [7, 11) is 2.99. The van der Waals surface area contributed by atoms with E-state index in [1.54, 1.807) is 36.4 Å². The van der Waals surface area contributed by atoms with Crippen molar-refractivity contribution >= 4 is 29.1 Å². The van der Waals surface area contributed by atoms with Crippen molar-refractivity contribution in [2.24, 2.45) is 0 Å². The third-order valence-corrected chi connectivity index (χ3v) is 5.48. The molecule has 1 N–H and O–H groups in total. The second kappa shape index (κ2) is 10.1. The molecule has 1 unspecified atom stereocenters. The lowest BCUT2D eigenvalue weighted by molar-refractivity contribution is -0.140. The summed E-state index contributed by atoms with van der Waals surface area (Å²) in [6, 6.07) is 10.9. The van der Waals surface area contributed by atoms with E-state index >= 15 is 0 Å². The van der Waals surface area contributed by atoms with Gasteiger partial charge in [0.25, 0.3) is 11.7 Å². The molecule has 1 heterocycles. The number of rotatable bonds is 8. The van der Waals surface area contributed by atoms with Gasteiger partial charge in [0, 0.05) is 17.7 Å². The maximum absolute atomic E-state index is 13.1. The Morgan fingerprint density at radius 2 is 1.78 bits per heavy atom. The molecule has 8 heteroatoms. The number of benzene rings is 2. The molecule has 0 aliphatic carbocycles. The second-order valence-corrected chi connectivity index (χ2v) is 7.91. The van der Waals surface area contributed by atoms with E-state index in [1.807, 2.05) is 13.8 Å². The number of carbonyl (C=O) groups is 2. The van der Waals surface area contributed by atoms with Gasteiger partial charge in [-0.1, -0.05) is 29.8 Å². The maximum atomic E-state index is 13.1. The number of Topliss-reactive ketones (excluding diaryl/α,β-unsaturated/α-hetero) is 1. The number of amides is 1. The number of para-hydroxylation sites is 1. The van der Waals surface area contributed by atoms with Crippen molar-refractivity contribution in [2.75, 3.05) is 27.4 Å². The molecule has 1 fully saturated rings. The van der Waals surface area contributed by atoms with Crippen molar-refractivity contribution < 1.29 is 28.9 Å². The van der Waals surface area contributed by atoms with E-state index in [9.17, 15) is 14.7 Å². The Morgan fingerprint density at radius 1 is 1.09 bits per heavy atom. The highest BCUT2D eigenvalue weighted by molar-refractivity contribution is 6.46. The molecular weight excluding hydrogens is 434 g/mol. The van der Waals surface area contributed by atoms with Gasteiger partial charge in [-0.2, -0.15) is 0 Å². The Balaban J connectivity index is 2.15. The Labute approximate surface area is 192 Å². The molecule has 0 radical (unpaired) electrons. The third-order valence-electron chi connectivity index (χ3n) is 5.18. The molecule has 1 aliphatic heterocycles. The molecule has 1 amide bonds. The number of ether oxygens (including phenoxy) is 3. The summed E-state index contributed by atoms with van der Waals surface area (Å²) in [5, 5.41) is 11.4. The third kappa shape index (κ3) is 4.59. The van der Waals surface area contributed by atoms with Crippen LogP contribution in [0.25, 0.3) is 5.76 Å². The molecule has 2 aromatic rings. The average Bonchev–Trinajstić information content (AvgIpc) is 3.03. The molecule has 7 nitrogen and oxygen atoms in total. The number of ketones is 1. The summed E-state index contributed by atoms with van der Waals surface area (Å²) in [5.74, 6) is -0.899. The molecule has 0 spiro atoms. The first-order valence-electron chi connectivity index (χ1n) is 10.2. The fourth-order valence-electron chi connectivity index (χ4n) is 3.68. The topological polar surface area (TPSA) is 85.3 Å². The molecule has 32 heavy (non-hydrogen) atoms. The zero-order valence-electron chi connectivity index (χ0n) is 18.4. The fraction of sp³-hybridized carbons (Fsp3) is 0.333.